The Bertz CT molecular complexity index is 1340. The van der Waals surface area contributed by atoms with Crippen molar-refractivity contribution in [3.63, 3.8) is 0 Å². The first kappa shape index (κ1) is 27.9. The molecule has 0 radical (unpaired) electrons. The molecule has 1 aliphatic heterocycles. The number of para-hydroxylation sites is 1. The molecule has 39 heavy (non-hydrogen) atoms. The molecule has 0 spiro atoms. The number of fused-ring (bicyclic) bond motifs is 1. The summed E-state index contributed by atoms with van der Waals surface area (Å²) in [4.78, 5) is 41.7. The molecule has 3 aromatic rings. The van der Waals surface area contributed by atoms with Crippen LogP contribution in [0.3, 0.4) is 0 Å². The number of carbonyl (C=O) groups excluding carboxylic acids is 3. The lowest BCUT2D eigenvalue weighted by Gasteiger charge is -2.33. The molecule has 0 saturated heterocycles. The molecular formula is C31H36N4O4. The summed E-state index contributed by atoms with van der Waals surface area (Å²) in [5.41, 5.74) is 8.70. The van der Waals surface area contributed by atoms with E-state index in [0.29, 0.717) is 35.8 Å². The number of hydrogen-bond donors (Lipinski definition) is 3. The molecule has 204 valence electrons. The Balaban J connectivity index is 1.72. The summed E-state index contributed by atoms with van der Waals surface area (Å²) in [6, 6.07) is 21.3. The van der Waals surface area contributed by atoms with E-state index in [1.54, 1.807) is 42.2 Å². The van der Waals surface area contributed by atoms with Crippen molar-refractivity contribution in [1.29, 1.82) is 0 Å². The van der Waals surface area contributed by atoms with Crippen molar-refractivity contribution in [2.45, 2.75) is 46.3 Å². The third-order valence-corrected chi connectivity index (χ3v) is 6.87. The smallest absolute Gasteiger partial charge is 0.268 e. The van der Waals surface area contributed by atoms with Crippen molar-refractivity contribution >= 4 is 29.1 Å². The molecule has 0 fully saturated rings. The van der Waals surface area contributed by atoms with E-state index in [2.05, 4.69) is 10.6 Å². The second-order valence-corrected chi connectivity index (χ2v) is 10.7. The molecule has 3 aromatic carbocycles. The van der Waals surface area contributed by atoms with E-state index >= 15 is 0 Å². The summed E-state index contributed by atoms with van der Waals surface area (Å²) in [7, 11) is 0. The molecule has 8 heteroatoms. The van der Waals surface area contributed by atoms with Crippen molar-refractivity contribution in [1.82, 2.24) is 5.32 Å². The van der Waals surface area contributed by atoms with Gasteiger partial charge in [-0.3, -0.25) is 19.3 Å². The lowest BCUT2D eigenvalue weighted by molar-refractivity contribution is -0.125. The Labute approximate surface area is 229 Å². The number of benzene rings is 3. The van der Waals surface area contributed by atoms with Crippen molar-refractivity contribution in [2.75, 3.05) is 23.3 Å². The fourth-order valence-corrected chi connectivity index (χ4v) is 4.39. The average Bonchev–Trinajstić information content (AvgIpc) is 3.07. The van der Waals surface area contributed by atoms with Gasteiger partial charge in [0.15, 0.2) is 6.10 Å². The van der Waals surface area contributed by atoms with Crippen molar-refractivity contribution in [2.24, 2.45) is 11.1 Å². The molecule has 0 aliphatic carbocycles. The minimum atomic E-state index is -0.831. The SMILES string of the molecule is Cc1ccc(C2CC(=O)Nc3cc(C(=O)NCC(C)(C)CN)ccc3N2C(=O)C(C)Oc2ccccc2)cc1. The Kier molecular flexibility index (Phi) is 8.35. The maximum Gasteiger partial charge on any atom is 0.268 e. The number of nitrogens with one attached hydrogen (secondary N) is 2. The van der Waals surface area contributed by atoms with Gasteiger partial charge in [-0.1, -0.05) is 61.9 Å². The molecule has 1 aliphatic rings. The molecular weight excluding hydrogens is 492 g/mol. The van der Waals surface area contributed by atoms with Crippen LogP contribution in [0.25, 0.3) is 0 Å². The summed E-state index contributed by atoms with van der Waals surface area (Å²) in [5, 5.41) is 5.82. The fourth-order valence-electron chi connectivity index (χ4n) is 4.39. The molecule has 2 atom stereocenters. The van der Waals surface area contributed by atoms with E-state index in [-0.39, 0.29) is 29.6 Å². The quantitative estimate of drug-likeness (QED) is 0.396. The Hall–Kier alpha value is -4.17. The number of ether oxygens (including phenoxy) is 1. The van der Waals surface area contributed by atoms with Gasteiger partial charge in [0.05, 0.1) is 23.8 Å². The van der Waals surface area contributed by atoms with E-state index in [1.807, 2.05) is 63.2 Å². The maximum atomic E-state index is 14.0. The predicted octanol–water partition coefficient (Wildman–Crippen LogP) is 4.59. The van der Waals surface area contributed by atoms with Gasteiger partial charge in [-0.2, -0.15) is 0 Å². The largest absolute Gasteiger partial charge is 0.481 e. The van der Waals surface area contributed by atoms with Gasteiger partial charge in [0.2, 0.25) is 5.91 Å². The molecule has 4 rings (SSSR count). The number of anilines is 2. The van der Waals surface area contributed by atoms with Gasteiger partial charge in [0.25, 0.3) is 11.8 Å². The molecule has 8 nitrogen and oxygen atoms in total. The van der Waals surface area contributed by atoms with Crippen LogP contribution in [0, 0.1) is 12.3 Å². The number of amides is 3. The number of aryl methyl sites for hydroxylation is 1. The Morgan fingerprint density at radius 1 is 1.10 bits per heavy atom. The van der Waals surface area contributed by atoms with E-state index in [1.165, 1.54) is 0 Å². The van der Waals surface area contributed by atoms with Crippen molar-refractivity contribution < 1.29 is 19.1 Å². The molecule has 0 bridgehead atoms. The van der Waals surface area contributed by atoms with Gasteiger partial charge in [0, 0.05) is 12.1 Å². The van der Waals surface area contributed by atoms with Gasteiger partial charge in [-0.15, -0.1) is 0 Å². The van der Waals surface area contributed by atoms with Crippen molar-refractivity contribution in [3.05, 3.63) is 89.5 Å². The second kappa shape index (κ2) is 11.7. The number of hydrogen-bond acceptors (Lipinski definition) is 5. The lowest BCUT2D eigenvalue weighted by atomic mass is 9.94. The predicted molar refractivity (Wildman–Crippen MR) is 153 cm³/mol. The third-order valence-electron chi connectivity index (χ3n) is 6.87. The van der Waals surface area contributed by atoms with Crippen LogP contribution in [0.4, 0.5) is 11.4 Å². The summed E-state index contributed by atoms with van der Waals surface area (Å²) in [6.07, 6.45) is -0.781. The summed E-state index contributed by atoms with van der Waals surface area (Å²) in [5.74, 6) is -0.270. The fraction of sp³-hybridized carbons (Fsp3) is 0.323. The van der Waals surface area contributed by atoms with Crippen LogP contribution >= 0.6 is 0 Å². The number of carbonyl (C=O) groups is 3. The number of nitrogens with two attached hydrogens (primary N) is 1. The highest BCUT2D eigenvalue weighted by atomic mass is 16.5. The van der Waals surface area contributed by atoms with Crippen LogP contribution in [0.5, 0.6) is 5.75 Å². The van der Waals surface area contributed by atoms with Crippen LogP contribution < -0.4 is 26.0 Å². The van der Waals surface area contributed by atoms with E-state index in [0.717, 1.165) is 11.1 Å². The minimum Gasteiger partial charge on any atom is -0.481 e. The molecule has 0 saturated carbocycles. The average molecular weight is 529 g/mol. The van der Waals surface area contributed by atoms with E-state index in [4.69, 9.17) is 10.5 Å². The highest BCUT2D eigenvalue weighted by Gasteiger charge is 2.36. The normalized spacial score (nSPS) is 16.0. The monoisotopic (exact) mass is 528 g/mol. The van der Waals surface area contributed by atoms with E-state index in [9.17, 15) is 14.4 Å². The zero-order valence-electron chi connectivity index (χ0n) is 22.9. The number of nitrogens with zero attached hydrogens (tertiary/aromatic N) is 1. The van der Waals surface area contributed by atoms with Crippen molar-refractivity contribution in [3.8, 4) is 5.75 Å². The van der Waals surface area contributed by atoms with Crippen LogP contribution in [-0.2, 0) is 9.59 Å². The molecule has 1 heterocycles. The highest BCUT2D eigenvalue weighted by molar-refractivity contribution is 6.07. The summed E-state index contributed by atoms with van der Waals surface area (Å²) >= 11 is 0. The maximum absolute atomic E-state index is 14.0. The Morgan fingerprint density at radius 3 is 2.46 bits per heavy atom. The first-order valence-corrected chi connectivity index (χ1v) is 13.1. The van der Waals surface area contributed by atoms with Gasteiger partial charge in [-0.05, 0) is 61.7 Å². The number of rotatable bonds is 8. The minimum absolute atomic E-state index is 0.0494. The second-order valence-electron chi connectivity index (χ2n) is 10.7. The summed E-state index contributed by atoms with van der Waals surface area (Å²) < 4.78 is 5.98. The lowest BCUT2D eigenvalue weighted by Crippen LogP contribution is -2.43. The highest BCUT2D eigenvalue weighted by Crippen LogP contribution is 2.39. The van der Waals surface area contributed by atoms with Crippen LogP contribution in [0.15, 0.2) is 72.8 Å². The summed E-state index contributed by atoms with van der Waals surface area (Å²) in [6.45, 7) is 8.45. The van der Waals surface area contributed by atoms with Gasteiger partial charge >= 0.3 is 0 Å². The standard InChI is InChI=1S/C31H36N4O4/c1-20-10-12-22(13-11-20)27-17-28(36)34-25-16-23(29(37)33-19-31(3,4)18-32)14-15-26(25)35(27)30(38)21(2)39-24-8-6-5-7-9-24/h5-16,21,27H,17-19,32H2,1-4H3,(H,33,37)(H,34,36). The van der Waals surface area contributed by atoms with E-state index < -0.39 is 12.1 Å². The first-order chi connectivity index (χ1) is 18.6. The molecule has 3 amide bonds. The van der Waals surface area contributed by atoms with Gasteiger partial charge in [-0.25, -0.2) is 0 Å². The zero-order valence-corrected chi connectivity index (χ0v) is 22.9. The van der Waals surface area contributed by atoms with Gasteiger partial charge in [0.1, 0.15) is 5.75 Å². The van der Waals surface area contributed by atoms with Crippen LogP contribution in [0.1, 0.15) is 54.7 Å². The van der Waals surface area contributed by atoms with Gasteiger partial charge < -0.3 is 21.1 Å². The first-order valence-electron chi connectivity index (χ1n) is 13.1. The molecule has 2 unspecified atom stereocenters. The van der Waals surface area contributed by atoms with Crippen LogP contribution in [0.2, 0.25) is 0 Å². The zero-order chi connectivity index (χ0) is 28.2. The third kappa shape index (κ3) is 6.64. The Morgan fingerprint density at radius 2 is 1.79 bits per heavy atom. The topological polar surface area (TPSA) is 114 Å². The molecule has 4 N–H and O–H groups in total. The molecule has 0 aromatic heterocycles. The van der Waals surface area contributed by atoms with Crippen LogP contribution in [-0.4, -0.2) is 36.9 Å².